The number of rotatable bonds is 2. The van der Waals surface area contributed by atoms with Crippen molar-refractivity contribution in [2.45, 2.75) is 0 Å². The van der Waals surface area contributed by atoms with E-state index in [0.717, 1.165) is 5.39 Å². The van der Waals surface area contributed by atoms with Crippen molar-refractivity contribution in [1.82, 2.24) is 4.98 Å². The van der Waals surface area contributed by atoms with E-state index in [0.29, 0.717) is 11.2 Å². The van der Waals surface area contributed by atoms with Crippen molar-refractivity contribution < 1.29 is 14.8 Å². The Morgan fingerprint density at radius 1 is 1.00 bits per heavy atom. The molecule has 0 atom stereocenters. The number of aliphatic hydroxyl groups is 1. The van der Waals surface area contributed by atoms with Gasteiger partial charge >= 0.3 is 0 Å². The Kier molecular flexibility index (Phi) is 2.93. The third-order valence-corrected chi connectivity index (χ3v) is 4.03. The number of carbonyl (C=O) groups is 1. The molecule has 116 valence electrons. The fraction of sp³-hybridized carbons (Fsp3) is 0. The third kappa shape index (κ3) is 1.97. The summed E-state index contributed by atoms with van der Waals surface area (Å²) in [4.78, 5) is 27.4. The number of aromatic nitrogens is 1. The van der Waals surface area contributed by atoms with E-state index >= 15 is 0 Å². The Hall–Kier alpha value is -3.54. The minimum atomic E-state index is -0.565. The molecule has 3 aromatic rings. The highest BCUT2D eigenvalue weighted by Gasteiger charge is 2.33. The summed E-state index contributed by atoms with van der Waals surface area (Å²) in [5.74, 6) is -0.665. The lowest BCUT2D eigenvalue weighted by molar-refractivity contribution is -0.384. The minimum absolute atomic E-state index is 0.0660. The molecule has 1 heterocycles. The summed E-state index contributed by atoms with van der Waals surface area (Å²) in [5.41, 5.74) is 1.33. The predicted octanol–water partition coefficient (Wildman–Crippen LogP) is 3.77. The van der Waals surface area contributed by atoms with Crippen LogP contribution in [0.5, 0.6) is 0 Å². The van der Waals surface area contributed by atoms with Gasteiger partial charge in [-0.1, -0.05) is 24.3 Å². The molecule has 4 rings (SSSR count). The number of para-hydroxylation sites is 1. The normalized spacial score (nSPS) is 13.4. The van der Waals surface area contributed by atoms with E-state index in [1.54, 1.807) is 6.07 Å². The first kappa shape index (κ1) is 14.1. The van der Waals surface area contributed by atoms with Crippen molar-refractivity contribution in [3.05, 3.63) is 81.5 Å². The largest absolute Gasteiger partial charge is 0.506 e. The van der Waals surface area contributed by atoms with Crippen LogP contribution in [0.3, 0.4) is 0 Å². The average molecular weight is 318 g/mol. The lowest BCUT2D eigenvalue weighted by atomic mass is 10.1. The molecule has 0 saturated carbocycles. The molecule has 6 nitrogen and oxygen atoms in total. The molecule has 1 aromatic heterocycles. The van der Waals surface area contributed by atoms with Gasteiger partial charge in [-0.2, -0.15) is 0 Å². The molecule has 2 aromatic carbocycles. The Labute approximate surface area is 135 Å². The van der Waals surface area contributed by atoms with E-state index in [1.165, 1.54) is 18.2 Å². The summed E-state index contributed by atoms with van der Waals surface area (Å²) < 4.78 is 0. The second kappa shape index (κ2) is 4.99. The first-order chi connectivity index (χ1) is 11.6. The average Bonchev–Trinajstić information content (AvgIpc) is 2.85. The number of hydrogen-bond donors (Lipinski definition) is 1. The van der Waals surface area contributed by atoms with Crippen molar-refractivity contribution in [2.24, 2.45) is 0 Å². The maximum atomic E-state index is 12.6. The quantitative estimate of drug-likeness (QED) is 0.573. The van der Waals surface area contributed by atoms with E-state index in [1.807, 2.05) is 30.3 Å². The highest BCUT2D eigenvalue weighted by atomic mass is 16.6. The lowest BCUT2D eigenvalue weighted by Crippen LogP contribution is -2.00. The Balaban J connectivity index is 1.90. The molecule has 1 aliphatic rings. The van der Waals surface area contributed by atoms with Crippen molar-refractivity contribution in [1.29, 1.82) is 0 Å². The summed E-state index contributed by atoms with van der Waals surface area (Å²) >= 11 is 0. The molecule has 0 aliphatic heterocycles. The number of Topliss-reactive ketones (excluding diaryl/α,β-unsaturated/α-hetero) is 1. The van der Waals surface area contributed by atoms with Crippen LogP contribution in [0.1, 0.15) is 21.6 Å². The van der Waals surface area contributed by atoms with E-state index < -0.39 is 4.92 Å². The third-order valence-electron chi connectivity index (χ3n) is 4.03. The number of benzene rings is 2. The van der Waals surface area contributed by atoms with Gasteiger partial charge in [-0.3, -0.25) is 14.9 Å². The van der Waals surface area contributed by atoms with Crippen LogP contribution in [0.4, 0.5) is 5.69 Å². The van der Waals surface area contributed by atoms with Crippen LogP contribution in [0.25, 0.3) is 22.2 Å². The van der Waals surface area contributed by atoms with Gasteiger partial charge in [0.1, 0.15) is 5.76 Å². The molecule has 6 heteroatoms. The summed E-state index contributed by atoms with van der Waals surface area (Å²) in [6, 6.07) is 14.7. The van der Waals surface area contributed by atoms with Crippen LogP contribution in [0.15, 0.2) is 54.6 Å². The van der Waals surface area contributed by atoms with Crippen LogP contribution < -0.4 is 0 Å². The Morgan fingerprint density at radius 2 is 1.79 bits per heavy atom. The SMILES string of the molecule is O=C1C(c2ccc3ccccc3n2)=C(O)c2cc([N+](=O)[O-])ccc21. The predicted molar refractivity (Wildman–Crippen MR) is 88.6 cm³/mol. The van der Waals surface area contributed by atoms with Gasteiger partial charge in [-0.25, -0.2) is 4.98 Å². The molecule has 24 heavy (non-hydrogen) atoms. The summed E-state index contributed by atoms with van der Waals surface area (Å²) in [6.07, 6.45) is 0. The fourth-order valence-electron chi connectivity index (χ4n) is 2.86. The number of carbonyl (C=O) groups excluding carboxylic acids is 1. The zero-order valence-corrected chi connectivity index (χ0v) is 12.3. The van der Waals surface area contributed by atoms with Gasteiger partial charge < -0.3 is 5.11 Å². The number of fused-ring (bicyclic) bond motifs is 2. The van der Waals surface area contributed by atoms with Crippen LogP contribution in [0, 0.1) is 10.1 Å². The molecule has 0 bridgehead atoms. The Morgan fingerprint density at radius 3 is 2.58 bits per heavy atom. The number of hydrogen-bond acceptors (Lipinski definition) is 5. The highest BCUT2D eigenvalue weighted by molar-refractivity contribution is 6.38. The highest BCUT2D eigenvalue weighted by Crippen LogP contribution is 2.38. The zero-order chi connectivity index (χ0) is 16.8. The van der Waals surface area contributed by atoms with Crippen molar-refractivity contribution in [2.75, 3.05) is 0 Å². The topological polar surface area (TPSA) is 93.3 Å². The van der Waals surface area contributed by atoms with Gasteiger partial charge in [-0.15, -0.1) is 0 Å². The molecule has 0 spiro atoms. The number of ketones is 1. The smallest absolute Gasteiger partial charge is 0.270 e. The monoisotopic (exact) mass is 318 g/mol. The van der Waals surface area contributed by atoms with E-state index in [-0.39, 0.29) is 33.9 Å². The number of allylic oxidation sites excluding steroid dienone is 1. The van der Waals surface area contributed by atoms with Gasteiger partial charge in [0.2, 0.25) is 0 Å². The first-order valence-corrected chi connectivity index (χ1v) is 7.19. The number of non-ortho nitro benzene ring substituents is 1. The molecular weight excluding hydrogens is 308 g/mol. The van der Waals surface area contributed by atoms with Gasteiger partial charge in [0.15, 0.2) is 5.78 Å². The van der Waals surface area contributed by atoms with Gasteiger partial charge in [0, 0.05) is 28.6 Å². The van der Waals surface area contributed by atoms with E-state index in [2.05, 4.69) is 4.98 Å². The summed E-state index contributed by atoms with van der Waals surface area (Å²) in [7, 11) is 0. The zero-order valence-electron chi connectivity index (χ0n) is 12.3. The second-order valence-electron chi connectivity index (χ2n) is 5.43. The number of aliphatic hydroxyl groups excluding tert-OH is 1. The van der Waals surface area contributed by atoms with Crippen molar-refractivity contribution >= 4 is 33.7 Å². The van der Waals surface area contributed by atoms with Crippen LogP contribution >= 0.6 is 0 Å². The number of nitrogens with zero attached hydrogens (tertiary/aromatic N) is 2. The van der Waals surface area contributed by atoms with Crippen LogP contribution in [-0.2, 0) is 0 Å². The first-order valence-electron chi connectivity index (χ1n) is 7.19. The molecule has 1 N–H and O–H groups in total. The minimum Gasteiger partial charge on any atom is -0.506 e. The van der Waals surface area contributed by atoms with Gasteiger partial charge in [0.25, 0.3) is 5.69 Å². The number of nitro groups is 1. The number of nitro benzene ring substituents is 1. The molecule has 1 aliphatic carbocycles. The molecule has 0 amide bonds. The maximum absolute atomic E-state index is 12.6. The maximum Gasteiger partial charge on any atom is 0.270 e. The van der Waals surface area contributed by atoms with Gasteiger partial charge in [-0.05, 0) is 18.2 Å². The fourth-order valence-corrected chi connectivity index (χ4v) is 2.86. The van der Waals surface area contributed by atoms with E-state index in [4.69, 9.17) is 0 Å². The number of pyridine rings is 1. The van der Waals surface area contributed by atoms with Crippen molar-refractivity contribution in [3.63, 3.8) is 0 Å². The second-order valence-corrected chi connectivity index (χ2v) is 5.43. The summed E-state index contributed by atoms with van der Waals surface area (Å²) in [5, 5.41) is 22.3. The van der Waals surface area contributed by atoms with Crippen LogP contribution in [-0.4, -0.2) is 20.8 Å². The summed E-state index contributed by atoms with van der Waals surface area (Å²) in [6.45, 7) is 0. The van der Waals surface area contributed by atoms with Crippen LogP contribution in [0.2, 0.25) is 0 Å². The van der Waals surface area contributed by atoms with E-state index in [9.17, 15) is 20.0 Å². The molecule has 0 unspecified atom stereocenters. The van der Waals surface area contributed by atoms with Gasteiger partial charge in [0.05, 0.1) is 21.7 Å². The molecule has 0 saturated heterocycles. The molecular formula is C18H10N2O4. The lowest BCUT2D eigenvalue weighted by Gasteiger charge is -2.03. The Bertz CT molecular complexity index is 1070. The molecule has 0 radical (unpaired) electrons. The standard InChI is InChI=1S/C18H10N2O4/c21-17-12-7-6-11(20(23)24)9-13(12)18(22)16(17)15-8-5-10-3-1-2-4-14(10)19-15/h1-9,22H. The molecule has 0 fully saturated rings. The van der Waals surface area contributed by atoms with Crippen molar-refractivity contribution in [3.8, 4) is 0 Å².